The zero-order chi connectivity index (χ0) is 22.0. The maximum absolute atomic E-state index is 12.6. The SMILES string of the molecule is C[C@@H](OC(=O)c1ccc(N2C(=O)c3ccccc3C2=O)cc1)C(=O)Nc1ccccc1. The summed E-state index contributed by atoms with van der Waals surface area (Å²) in [6.45, 7) is 1.48. The monoisotopic (exact) mass is 414 g/mol. The van der Waals surface area contributed by atoms with Crippen LogP contribution in [0.2, 0.25) is 0 Å². The third-order valence-electron chi connectivity index (χ3n) is 4.85. The Labute approximate surface area is 178 Å². The molecule has 0 aromatic heterocycles. The van der Waals surface area contributed by atoms with Crippen LogP contribution in [0.3, 0.4) is 0 Å². The summed E-state index contributed by atoms with van der Waals surface area (Å²) in [5.74, 6) is -1.98. The van der Waals surface area contributed by atoms with Crippen LogP contribution in [-0.2, 0) is 9.53 Å². The third kappa shape index (κ3) is 3.93. The highest BCUT2D eigenvalue weighted by atomic mass is 16.5. The summed E-state index contributed by atoms with van der Waals surface area (Å²) in [6, 6.07) is 21.3. The van der Waals surface area contributed by atoms with Gasteiger partial charge in [-0.15, -0.1) is 0 Å². The summed E-state index contributed by atoms with van der Waals surface area (Å²) in [6.07, 6.45) is -1.01. The van der Waals surface area contributed by atoms with Crippen LogP contribution in [0.25, 0.3) is 0 Å². The molecule has 7 heteroatoms. The van der Waals surface area contributed by atoms with Crippen molar-refractivity contribution in [2.75, 3.05) is 10.2 Å². The minimum absolute atomic E-state index is 0.194. The van der Waals surface area contributed by atoms with Crippen molar-refractivity contribution in [3.63, 3.8) is 0 Å². The fourth-order valence-electron chi connectivity index (χ4n) is 3.22. The smallest absolute Gasteiger partial charge is 0.338 e. The number of carbonyl (C=O) groups excluding carboxylic acids is 4. The van der Waals surface area contributed by atoms with Gasteiger partial charge in [0.2, 0.25) is 0 Å². The first-order valence-electron chi connectivity index (χ1n) is 9.60. The van der Waals surface area contributed by atoms with E-state index in [-0.39, 0.29) is 5.56 Å². The first-order chi connectivity index (χ1) is 15.0. The van der Waals surface area contributed by atoms with Crippen molar-refractivity contribution in [3.8, 4) is 0 Å². The Bertz CT molecular complexity index is 1140. The van der Waals surface area contributed by atoms with Crippen LogP contribution in [0.1, 0.15) is 38.0 Å². The molecular formula is C24H18N2O5. The van der Waals surface area contributed by atoms with Gasteiger partial charge in [-0.1, -0.05) is 30.3 Å². The zero-order valence-corrected chi connectivity index (χ0v) is 16.6. The topological polar surface area (TPSA) is 92.8 Å². The van der Waals surface area contributed by atoms with Crippen LogP contribution in [0.5, 0.6) is 0 Å². The highest BCUT2D eigenvalue weighted by Crippen LogP contribution is 2.28. The van der Waals surface area contributed by atoms with Gasteiger partial charge in [-0.2, -0.15) is 0 Å². The second-order valence-electron chi connectivity index (χ2n) is 6.94. The lowest BCUT2D eigenvalue weighted by Crippen LogP contribution is -2.30. The number of ether oxygens (including phenoxy) is 1. The number of nitrogens with one attached hydrogen (secondary N) is 1. The predicted octanol–water partition coefficient (Wildman–Crippen LogP) is 3.67. The van der Waals surface area contributed by atoms with Crippen molar-refractivity contribution in [2.24, 2.45) is 0 Å². The van der Waals surface area contributed by atoms with Crippen molar-refractivity contribution < 1.29 is 23.9 Å². The summed E-state index contributed by atoms with van der Waals surface area (Å²) in [5, 5.41) is 2.67. The molecule has 0 radical (unpaired) electrons. The number of hydrogen-bond donors (Lipinski definition) is 1. The van der Waals surface area contributed by atoms with E-state index < -0.39 is 29.8 Å². The van der Waals surface area contributed by atoms with Crippen molar-refractivity contribution in [2.45, 2.75) is 13.0 Å². The molecule has 0 aliphatic carbocycles. The molecule has 1 N–H and O–H groups in total. The fraction of sp³-hybridized carbons (Fsp3) is 0.0833. The first-order valence-corrected chi connectivity index (χ1v) is 9.60. The largest absolute Gasteiger partial charge is 0.449 e. The summed E-state index contributed by atoms with van der Waals surface area (Å²) in [5.41, 5.74) is 1.82. The number of carbonyl (C=O) groups is 4. The molecule has 0 saturated carbocycles. The van der Waals surface area contributed by atoms with E-state index in [2.05, 4.69) is 5.32 Å². The van der Waals surface area contributed by atoms with Crippen LogP contribution in [0.4, 0.5) is 11.4 Å². The van der Waals surface area contributed by atoms with E-state index in [1.54, 1.807) is 48.5 Å². The molecule has 31 heavy (non-hydrogen) atoms. The molecule has 1 heterocycles. The molecule has 7 nitrogen and oxygen atoms in total. The van der Waals surface area contributed by atoms with Gasteiger partial charge in [-0.3, -0.25) is 14.4 Å². The second kappa shape index (κ2) is 8.23. The number of hydrogen-bond acceptors (Lipinski definition) is 5. The van der Waals surface area contributed by atoms with Gasteiger partial charge in [0.15, 0.2) is 6.10 Å². The predicted molar refractivity (Wildman–Crippen MR) is 114 cm³/mol. The van der Waals surface area contributed by atoms with E-state index in [1.165, 1.54) is 31.2 Å². The lowest BCUT2D eigenvalue weighted by molar-refractivity contribution is -0.123. The van der Waals surface area contributed by atoms with E-state index >= 15 is 0 Å². The Kier molecular flexibility index (Phi) is 5.32. The summed E-state index contributed by atoms with van der Waals surface area (Å²) < 4.78 is 5.23. The molecular weight excluding hydrogens is 396 g/mol. The van der Waals surface area contributed by atoms with Crippen LogP contribution in [0.15, 0.2) is 78.9 Å². The minimum Gasteiger partial charge on any atom is -0.449 e. The number of nitrogens with zero attached hydrogens (tertiary/aromatic N) is 1. The number of esters is 1. The number of imide groups is 1. The molecule has 3 aromatic rings. The molecule has 1 atom stereocenters. The van der Waals surface area contributed by atoms with Crippen LogP contribution < -0.4 is 10.2 Å². The summed E-state index contributed by atoms with van der Waals surface area (Å²) >= 11 is 0. The molecule has 0 bridgehead atoms. The van der Waals surface area contributed by atoms with Crippen molar-refractivity contribution >= 4 is 35.1 Å². The van der Waals surface area contributed by atoms with Gasteiger partial charge >= 0.3 is 5.97 Å². The number of rotatable bonds is 5. The second-order valence-corrected chi connectivity index (χ2v) is 6.94. The van der Waals surface area contributed by atoms with Gasteiger partial charge < -0.3 is 10.1 Å². The molecule has 1 aliphatic heterocycles. The number of anilines is 2. The molecule has 1 aliphatic rings. The molecule has 0 saturated heterocycles. The van der Waals surface area contributed by atoms with Gasteiger partial charge in [-0.25, -0.2) is 9.69 Å². The van der Waals surface area contributed by atoms with E-state index in [0.717, 1.165) is 4.90 Å². The van der Waals surface area contributed by atoms with Crippen molar-refractivity contribution in [3.05, 3.63) is 95.6 Å². The van der Waals surface area contributed by atoms with Gasteiger partial charge in [0.25, 0.3) is 17.7 Å². The van der Waals surface area contributed by atoms with Gasteiger partial charge in [0.05, 0.1) is 22.4 Å². The van der Waals surface area contributed by atoms with Gasteiger partial charge in [0.1, 0.15) is 0 Å². The number of benzene rings is 3. The van der Waals surface area contributed by atoms with Crippen LogP contribution in [-0.4, -0.2) is 29.8 Å². The molecule has 3 amide bonds. The highest BCUT2D eigenvalue weighted by Gasteiger charge is 2.36. The maximum Gasteiger partial charge on any atom is 0.338 e. The molecule has 3 aromatic carbocycles. The van der Waals surface area contributed by atoms with Crippen LogP contribution in [0, 0.1) is 0 Å². The van der Waals surface area contributed by atoms with E-state index in [4.69, 9.17) is 4.74 Å². The normalized spacial score (nSPS) is 13.5. The quantitative estimate of drug-likeness (QED) is 0.508. The molecule has 154 valence electrons. The van der Waals surface area contributed by atoms with E-state index in [9.17, 15) is 19.2 Å². The Morgan fingerprint density at radius 3 is 1.94 bits per heavy atom. The summed E-state index contributed by atoms with van der Waals surface area (Å²) in [4.78, 5) is 50.8. The molecule has 0 fully saturated rings. The Balaban J connectivity index is 1.42. The van der Waals surface area contributed by atoms with E-state index in [0.29, 0.717) is 22.5 Å². The zero-order valence-electron chi connectivity index (χ0n) is 16.6. The third-order valence-corrected chi connectivity index (χ3v) is 4.85. The van der Waals surface area contributed by atoms with Crippen LogP contribution >= 0.6 is 0 Å². The van der Waals surface area contributed by atoms with Crippen molar-refractivity contribution in [1.82, 2.24) is 0 Å². The van der Waals surface area contributed by atoms with Crippen molar-refractivity contribution in [1.29, 1.82) is 0 Å². The maximum atomic E-state index is 12.6. The first kappa shape index (κ1) is 20.0. The number of para-hydroxylation sites is 1. The Morgan fingerprint density at radius 1 is 0.806 bits per heavy atom. The molecule has 0 spiro atoms. The molecule has 0 unspecified atom stereocenters. The Morgan fingerprint density at radius 2 is 1.35 bits per heavy atom. The fourth-order valence-corrected chi connectivity index (χ4v) is 3.22. The average Bonchev–Trinajstić information content (AvgIpc) is 3.05. The summed E-state index contributed by atoms with van der Waals surface area (Å²) in [7, 11) is 0. The molecule has 4 rings (SSSR count). The van der Waals surface area contributed by atoms with Gasteiger partial charge in [0, 0.05) is 5.69 Å². The Hall–Kier alpha value is -4.26. The van der Waals surface area contributed by atoms with E-state index in [1.807, 2.05) is 6.07 Å². The lowest BCUT2D eigenvalue weighted by Gasteiger charge is -2.15. The lowest BCUT2D eigenvalue weighted by atomic mass is 10.1. The average molecular weight is 414 g/mol. The highest BCUT2D eigenvalue weighted by molar-refractivity contribution is 6.34. The minimum atomic E-state index is -1.01. The number of amides is 3. The van der Waals surface area contributed by atoms with Gasteiger partial charge in [-0.05, 0) is 55.5 Å². The standard InChI is InChI=1S/C24H18N2O5/c1-15(21(27)25-17-7-3-2-4-8-17)31-24(30)16-11-13-18(14-12-16)26-22(28)19-9-5-6-10-20(19)23(26)29/h2-15H,1H3,(H,25,27)/t15-/m1/s1. The number of fused-ring (bicyclic) bond motifs is 1.